The number of ether oxygens (including phenoxy) is 2. The number of benzene rings is 2. The second-order valence-corrected chi connectivity index (χ2v) is 6.53. The Morgan fingerprint density at radius 1 is 1.16 bits per heavy atom. The zero-order valence-electron chi connectivity index (χ0n) is 17.5. The first-order valence-corrected chi connectivity index (χ1v) is 9.33. The van der Waals surface area contributed by atoms with Crippen molar-refractivity contribution in [1.29, 1.82) is 0 Å². The Balaban J connectivity index is 2.40. The van der Waals surface area contributed by atoms with Crippen molar-refractivity contribution >= 4 is 17.2 Å². The molecule has 2 aromatic carbocycles. The van der Waals surface area contributed by atoms with Crippen molar-refractivity contribution in [1.82, 2.24) is 0 Å². The number of hydrogen-bond donors (Lipinski definition) is 2. The standard InChI is InChI=1S/C21H24N4O6/c1-13(26)21(24-23-17-6-5-16(25(28)29)12-20(17)31-3)18(27)11-15-10-14(8-9-22)4-7-19(15)30-2/h4-7,10,12,27H,8-9,11,22H2,1-3H3/b21-18+,24-23?. The van der Waals surface area contributed by atoms with E-state index in [4.69, 9.17) is 15.2 Å². The predicted octanol–water partition coefficient (Wildman–Crippen LogP) is 3.80. The van der Waals surface area contributed by atoms with E-state index in [1.54, 1.807) is 6.07 Å². The molecule has 0 aromatic heterocycles. The lowest BCUT2D eigenvalue weighted by atomic mass is 10.0. The number of rotatable bonds is 10. The van der Waals surface area contributed by atoms with Crippen LogP contribution in [0.2, 0.25) is 0 Å². The monoisotopic (exact) mass is 428 g/mol. The summed E-state index contributed by atoms with van der Waals surface area (Å²) in [6.07, 6.45) is 0.646. The SMILES string of the molecule is COc1ccc(CCN)cc1C/C(O)=C(\N=Nc1ccc([N+](=O)[O-])cc1OC)C(C)=O. The van der Waals surface area contributed by atoms with Gasteiger partial charge in [0.25, 0.3) is 5.69 Å². The first-order valence-electron chi connectivity index (χ1n) is 9.33. The smallest absolute Gasteiger partial charge is 0.273 e. The van der Waals surface area contributed by atoms with Crippen LogP contribution in [0.4, 0.5) is 11.4 Å². The van der Waals surface area contributed by atoms with Crippen LogP contribution in [-0.4, -0.2) is 36.6 Å². The maximum Gasteiger partial charge on any atom is 0.273 e. The number of hydrogen-bond acceptors (Lipinski definition) is 9. The summed E-state index contributed by atoms with van der Waals surface area (Å²) in [6.45, 7) is 1.72. The third kappa shape index (κ3) is 6.09. The van der Waals surface area contributed by atoms with Crippen molar-refractivity contribution in [2.45, 2.75) is 19.8 Å². The maximum absolute atomic E-state index is 12.1. The molecule has 0 heterocycles. The molecule has 0 saturated carbocycles. The van der Waals surface area contributed by atoms with Gasteiger partial charge in [-0.25, -0.2) is 0 Å². The second-order valence-electron chi connectivity index (χ2n) is 6.53. The van der Waals surface area contributed by atoms with E-state index in [9.17, 15) is 20.0 Å². The van der Waals surface area contributed by atoms with Crippen LogP contribution < -0.4 is 15.2 Å². The van der Waals surface area contributed by atoms with E-state index in [-0.39, 0.29) is 35.0 Å². The largest absolute Gasteiger partial charge is 0.509 e. The molecule has 0 radical (unpaired) electrons. The molecular weight excluding hydrogens is 404 g/mol. The van der Waals surface area contributed by atoms with Gasteiger partial charge >= 0.3 is 0 Å². The molecule has 0 atom stereocenters. The number of nitrogens with two attached hydrogens (primary N) is 1. The van der Waals surface area contributed by atoms with Crippen LogP contribution in [0.1, 0.15) is 18.1 Å². The molecule has 0 amide bonds. The van der Waals surface area contributed by atoms with E-state index in [2.05, 4.69) is 10.2 Å². The van der Waals surface area contributed by atoms with Gasteiger partial charge in [0.05, 0.1) is 25.2 Å². The Labute approximate surface area is 179 Å². The van der Waals surface area contributed by atoms with Crippen LogP contribution in [0.3, 0.4) is 0 Å². The minimum Gasteiger partial charge on any atom is -0.509 e. The quantitative estimate of drug-likeness (QED) is 0.192. The fourth-order valence-electron chi connectivity index (χ4n) is 2.85. The number of carbonyl (C=O) groups is 1. The first-order chi connectivity index (χ1) is 14.8. The Morgan fingerprint density at radius 3 is 2.45 bits per heavy atom. The molecule has 0 unspecified atom stereocenters. The van der Waals surface area contributed by atoms with Gasteiger partial charge in [0, 0.05) is 25.0 Å². The van der Waals surface area contributed by atoms with Gasteiger partial charge in [-0.3, -0.25) is 14.9 Å². The average Bonchev–Trinajstić information content (AvgIpc) is 2.74. The number of azo groups is 1. The van der Waals surface area contributed by atoms with Crippen molar-refractivity contribution < 1.29 is 24.3 Å². The molecule has 10 heteroatoms. The number of nitro benzene ring substituents is 1. The predicted molar refractivity (Wildman–Crippen MR) is 114 cm³/mol. The van der Waals surface area contributed by atoms with Crippen LogP contribution in [0.25, 0.3) is 0 Å². The number of Topliss-reactive ketones (excluding diaryl/α,β-unsaturated/α-hetero) is 1. The highest BCUT2D eigenvalue weighted by atomic mass is 16.6. The fourth-order valence-corrected chi connectivity index (χ4v) is 2.85. The molecule has 0 bridgehead atoms. The Morgan fingerprint density at radius 2 is 1.87 bits per heavy atom. The van der Waals surface area contributed by atoms with E-state index in [0.29, 0.717) is 24.3 Å². The molecule has 10 nitrogen and oxygen atoms in total. The Hall–Kier alpha value is -3.79. The van der Waals surface area contributed by atoms with Gasteiger partial charge in [0.15, 0.2) is 17.2 Å². The van der Waals surface area contributed by atoms with E-state index in [1.807, 2.05) is 12.1 Å². The minimum absolute atomic E-state index is 0.00703. The van der Waals surface area contributed by atoms with Gasteiger partial charge < -0.3 is 20.3 Å². The van der Waals surface area contributed by atoms with E-state index < -0.39 is 10.7 Å². The number of ketones is 1. The number of nitro groups is 1. The highest BCUT2D eigenvalue weighted by Gasteiger charge is 2.16. The van der Waals surface area contributed by atoms with Gasteiger partial charge in [-0.1, -0.05) is 12.1 Å². The summed E-state index contributed by atoms with van der Waals surface area (Å²) in [5.74, 6) is -0.139. The zero-order chi connectivity index (χ0) is 23.0. The number of allylic oxidation sites excluding steroid dienone is 2. The van der Waals surface area contributed by atoms with E-state index >= 15 is 0 Å². The van der Waals surface area contributed by atoms with Crippen molar-refractivity contribution in [2.75, 3.05) is 20.8 Å². The Bertz CT molecular complexity index is 1030. The summed E-state index contributed by atoms with van der Waals surface area (Å²) in [5.41, 5.74) is 6.98. The summed E-state index contributed by atoms with van der Waals surface area (Å²) in [7, 11) is 2.84. The van der Waals surface area contributed by atoms with Crippen LogP contribution in [0.5, 0.6) is 11.5 Å². The molecule has 2 rings (SSSR count). The number of aliphatic hydroxyl groups excluding tert-OH is 1. The van der Waals surface area contributed by atoms with Crippen molar-refractivity contribution in [3.63, 3.8) is 0 Å². The molecule has 31 heavy (non-hydrogen) atoms. The van der Waals surface area contributed by atoms with E-state index in [1.165, 1.54) is 39.3 Å². The van der Waals surface area contributed by atoms with Crippen LogP contribution in [0.15, 0.2) is 58.1 Å². The van der Waals surface area contributed by atoms with Crippen LogP contribution in [-0.2, 0) is 17.6 Å². The lowest BCUT2D eigenvalue weighted by Crippen LogP contribution is -2.05. The summed E-state index contributed by atoms with van der Waals surface area (Å²) in [6, 6.07) is 9.26. The maximum atomic E-state index is 12.1. The topological polar surface area (TPSA) is 150 Å². The Kier molecular flexibility index (Phi) is 8.21. The first kappa shape index (κ1) is 23.5. The molecule has 2 aromatic rings. The zero-order valence-corrected chi connectivity index (χ0v) is 17.5. The van der Waals surface area contributed by atoms with Crippen LogP contribution in [0, 0.1) is 10.1 Å². The lowest BCUT2D eigenvalue weighted by Gasteiger charge is -2.11. The number of non-ortho nitro benzene ring substituents is 1. The third-order valence-corrected chi connectivity index (χ3v) is 4.37. The average molecular weight is 428 g/mol. The van der Waals surface area contributed by atoms with Gasteiger partial charge in [0.1, 0.15) is 17.2 Å². The molecular formula is C21H24N4O6. The lowest BCUT2D eigenvalue weighted by molar-refractivity contribution is -0.384. The molecule has 0 saturated heterocycles. The van der Waals surface area contributed by atoms with Gasteiger partial charge in [-0.05, 0) is 30.7 Å². The molecule has 0 fully saturated rings. The van der Waals surface area contributed by atoms with Gasteiger partial charge in [-0.15, -0.1) is 10.2 Å². The number of nitrogens with zero attached hydrogens (tertiary/aromatic N) is 3. The summed E-state index contributed by atoms with van der Waals surface area (Å²) in [5, 5.41) is 29.3. The molecule has 0 aliphatic heterocycles. The molecule has 164 valence electrons. The molecule has 3 N–H and O–H groups in total. The molecule has 0 aliphatic rings. The molecule has 0 aliphatic carbocycles. The van der Waals surface area contributed by atoms with Crippen molar-refractivity contribution in [3.8, 4) is 11.5 Å². The highest BCUT2D eigenvalue weighted by molar-refractivity contribution is 5.93. The summed E-state index contributed by atoms with van der Waals surface area (Å²) >= 11 is 0. The van der Waals surface area contributed by atoms with E-state index in [0.717, 1.165) is 5.56 Å². The summed E-state index contributed by atoms with van der Waals surface area (Å²) < 4.78 is 10.4. The molecule has 0 spiro atoms. The number of methoxy groups -OCH3 is 2. The number of aliphatic hydroxyl groups is 1. The highest BCUT2D eigenvalue weighted by Crippen LogP contribution is 2.32. The van der Waals surface area contributed by atoms with Gasteiger partial charge in [0.2, 0.25) is 0 Å². The minimum atomic E-state index is -0.567. The van der Waals surface area contributed by atoms with Crippen molar-refractivity contribution in [2.24, 2.45) is 16.0 Å². The van der Waals surface area contributed by atoms with Gasteiger partial charge in [-0.2, -0.15) is 0 Å². The normalized spacial score (nSPS) is 11.9. The fraction of sp³-hybridized carbons (Fsp3) is 0.286. The summed E-state index contributed by atoms with van der Waals surface area (Å²) in [4.78, 5) is 22.4. The third-order valence-electron chi connectivity index (χ3n) is 4.37. The number of carbonyl (C=O) groups excluding carboxylic acids is 1. The van der Waals surface area contributed by atoms with Crippen molar-refractivity contribution in [3.05, 3.63) is 69.1 Å². The second kappa shape index (κ2) is 10.8. The van der Waals surface area contributed by atoms with Crippen LogP contribution >= 0.6 is 0 Å².